The molecule has 0 amide bonds. The number of pyridine rings is 1. The van der Waals surface area contributed by atoms with Gasteiger partial charge in [0.25, 0.3) is 0 Å². The summed E-state index contributed by atoms with van der Waals surface area (Å²) in [5.74, 6) is 0. The highest BCUT2D eigenvalue weighted by atomic mass is 19.4. The van der Waals surface area contributed by atoms with E-state index in [1.165, 1.54) is 12.1 Å². The van der Waals surface area contributed by atoms with Crippen molar-refractivity contribution in [3.8, 4) is 0 Å². The van der Waals surface area contributed by atoms with Crippen molar-refractivity contribution in [2.24, 2.45) is 0 Å². The largest absolute Gasteiger partial charge is 0.416 e. The highest BCUT2D eigenvalue weighted by molar-refractivity contribution is 5.40. The van der Waals surface area contributed by atoms with Crippen molar-refractivity contribution in [1.29, 1.82) is 0 Å². The number of hydrogen-bond acceptors (Lipinski definition) is 2. The summed E-state index contributed by atoms with van der Waals surface area (Å²) in [6, 6.07) is 6.94. The maximum Gasteiger partial charge on any atom is 0.416 e. The molecule has 0 radical (unpaired) electrons. The molecule has 1 atom stereocenters. The van der Waals surface area contributed by atoms with Gasteiger partial charge in [-0.15, -0.1) is 0 Å². The zero-order valence-electron chi connectivity index (χ0n) is 11.9. The summed E-state index contributed by atoms with van der Waals surface area (Å²) in [6.07, 6.45) is -1.12. The van der Waals surface area contributed by atoms with Crippen LogP contribution in [-0.4, -0.2) is 11.5 Å². The molecule has 1 unspecified atom stereocenters. The smallest absolute Gasteiger partial charge is 0.306 e. The maximum absolute atomic E-state index is 13.2. The molecule has 2 nitrogen and oxygen atoms in total. The van der Waals surface area contributed by atoms with Gasteiger partial charge in [-0.3, -0.25) is 4.98 Å². The molecule has 0 saturated carbocycles. The van der Waals surface area contributed by atoms with E-state index in [0.717, 1.165) is 17.2 Å². The van der Waals surface area contributed by atoms with Gasteiger partial charge in [0, 0.05) is 12.4 Å². The number of alkyl halides is 3. The van der Waals surface area contributed by atoms with Crippen LogP contribution in [0.15, 0.2) is 42.7 Å². The van der Waals surface area contributed by atoms with Crippen molar-refractivity contribution in [3.05, 3.63) is 65.0 Å². The topological polar surface area (TPSA) is 24.9 Å². The Morgan fingerprint density at radius 3 is 2.48 bits per heavy atom. The van der Waals surface area contributed by atoms with Crippen molar-refractivity contribution in [1.82, 2.24) is 10.3 Å². The second kappa shape index (κ2) is 6.26. The summed E-state index contributed by atoms with van der Waals surface area (Å²) < 4.78 is 39.7. The third kappa shape index (κ3) is 3.42. The van der Waals surface area contributed by atoms with E-state index in [0.29, 0.717) is 6.54 Å². The van der Waals surface area contributed by atoms with E-state index >= 15 is 0 Å². The normalized spacial score (nSPS) is 13.2. The standard InChI is InChI=1S/C16H17F3N2/c1-3-21-15(13-10-20-9-8-11(13)2)12-6-4-5-7-14(12)16(17,18)19/h4-10,15,21H,3H2,1-2H3. The Hall–Kier alpha value is -1.88. The fourth-order valence-electron chi connectivity index (χ4n) is 2.38. The zero-order valence-corrected chi connectivity index (χ0v) is 11.9. The van der Waals surface area contributed by atoms with Crippen LogP contribution >= 0.6 is 0 Å². The van der Waals surface area contributed by atoms with E-state index in [1.807, 2.05) is 13.8 Å². The molecule has 1 aromatic heterocycles. The molecule has 0 saturated heterocycles. The van der Waals surface area contributed by atoms with Crippen LogP contribution in [0, 0.1) is 6.92 Å². The van der Waals surface area contributed by atoms with E-state index in [4.69, 9.17) is 0 Å². The predicted octanol–water partition coefficient (Wildman–Crippen LogP) is 4.11. The van der Waals surface area contributed by atoms with Crippen molar-refractivity contribution in [2.45, 2.75) is 26.1 Å². The molecule has 0 bridgehead atoms. The lowest BCUT2D eigenvalue weighted by Gasteiger charge is -2.24. The first kappa shape index (κ1) is 15.5. The van der Waals surface area contributed by atoms with Crippen molar-refractivity contribution in [3.63, 3.8) is 0 Å². The second-order valence-electron chi connectivity index (χ2n) is 4.81. The summed E-state index contributed by atoms with van der Waals surface area (Å²) in [6.45, 7) is 4.30. The Bertz CT molecular complexity index is 608. The fraction of sp³-hybridized carbons (Fsp3) is 0.312. The average molecular weight is 294 g/mol. The van der Waals surface area contributed by atoms with Gasteiger partial charge in [0.15, 0.2) is 0 Å². The van der Waals surface area contributed by atoms with Crippen molar-refractivity contribution >= 4 is 0 Å². The molecule has 0 aliphatic heterocycles. The molecule has 0 spiro atoms. The fourth-order valence-corrected chi connectivity index (χ4v) is 2.38. The molecule has 0 fully saturated rings. The van der Waals surface area contributed by atoms with Crippen LogP contribution in [0.25, 0.3) is 0 Å². The molecule has 1 heterocycles. The highest BCUT2D eigenvalue weighted by Gasteiger charge is 2.35. The number of halogens is 3. The lowest BCUT2D eigenvalue weighted by atomic mass is 9.92. The van der Waals surface area contributed by atoms with Crippen molar-refractivity contribution < 1.29 is 13.2 Å². The van der Waals surface area contributed by atoms with Gasteiger partial charge < -0.3 is 5.32 Å². The van der Waals surface area contributed by atoms with Gasteiger partial charge >= 0.3 is 6.18 Å². The van der Waals surface area contributed by atoms with E-state index in [9.17, 15) is 13.2 Å². The minimum absolute atomic E-state index is 0.225. The van der Waals surface area contributed by atoms with E-state index < -0.39 is 17.8 Å². The predicted molar refractivity (Wildman–Crippen MR) is 75.9 cm³/mol. The molecule has 1 aromatic carbocycles. The Morgan fingerprint density at radius 1 is 1.14 bits per heavy atom. The molecule has 0 aliphatic rings. The van der Waals surface area contributed by atoms with Gasteiger partial charge in [-0.05, 0) is 42.3 Å². The SMILES string of the molecule is CCNC(c1cnccc1C)c1ccccc1C(F)(F)F. The van der Waals surface area contributed by atoms with Crippen LogP contribution in [0.5, 0.6) is 0 Å². The Kier molecular flexibility index (Phi) is 4.63. The molecule has 1 N–H and O–H groups in total. The van der Waals surface area contributed by atoms with E-state index in [1.54, 1.807) is 24.5 Å². The minimum atomic E-state index is -4.37. The molecule has 2 aromatic rings. The van der Waals surface area contributed by atoms with Crippen LogP contribution in [0.3, 0.4) is 0 Å². The molecule has 2 rings (SSSR count). The number of rotatable bonds is 4. The van der Waals surface area contributed by atoms with Crippen LogP contribution in [0.1, 0.15) is 35.2 Å². The zero-order chi connectivity index (χ0) is 15.5. The first-order valence-corrected chi connectivity index (χ1v) is 6.75. The van der Waals surface area contributed by atoms with Crippen molar-refractivity contribution in [2.75, 3.05) is 6.54 Å². The molecular formula is C16H17F3N2. The van der Waals surface area contributed by atoms with Crippen LogP contribution in [0.2, 0.25) is 0 Å². The summed E-state index contributed by atoms with van der Waals surface area (Å²) >= 11 is 0. The van der Waals surface area contributed by atoms with Crippen LogP contribution < -0.4 is 5.32 Å². The molecule has 5 heteroatoms. The highest BCUT2D eigenvalue weighted by Crippen LogP contribution is 2.36. The summed E-state index contributed by atoms with van der Waals surface area (Å²) in [7, 11) is 0. The molecular weight excluding hydrogens is 277 g/mol. The Labute approximate surface area is 122 Å². The third-order valence-corrected chi connectivity index (χ3v) is 3.38. The number of hydrogen-bond donors (Lipinski definition) is 1. The molecule has 21 heavy (non-hydrogen) atoms. The van der Waals surface area contributed by atoms with Gasteiger partial charge in [0.05, 0.1) is 11.6 Å². The maximum atomic E-state index is 13.2. The summed E-state index contributed by atoms with van der Waals surface area (Å²) in [4.78, 5) is 4.04. The van der Waals surface area contributed by atoms with E-state index in [2.05, 4.69) is 10.3 Å². The lowest BCUT2D eigenvalue weighted by molar-refractivity contribution is -0.138. The van der Waals surface area contributed by atoms with Crippen LogP contribution in [0.4, 0.5) is 13.2 Å². The number of benzene rings is 1. The summed E-state index contributed by atoms with van der Waals surface area (Å²) in [5.41, 5.74) is 1.28. The number of aryl methyl sites for hydroxylation is 1. The van der Waals surface area contributed by atoms with Crippen LogP contribution in [-0.2, 0) is 6.18 Å². The van der Waals surface area contributed by atoms with Gasteiger partial charge in [0.1, 0.15) is 0 Å². The summed E-state index contributed by atoms with van der Waals surface area (Å²) in [5, 5.41) is 3.13. The second-order valence-corrected chi connectivity index (χ2v) is 4.81. The monoisotopic (exact) mass is 294 g/mol. The Balaban J connectivity index is 2.57. The number of nitrogens with one attached hydrogen (secondary N) is 1. The van der Waals surface area contributed by atoms with Gasteiger partial charge in [-0.25, -0.2) is 0 Å². The number of nitrogens with zero attached hydrogens (tertiary/aromatic N) is 1. The molecule has 112 valence electrons. The first-order chi connectivity index (χ1) is 9.95. The average Bonchev–Trinajstić information content (AvgIpc) is 2.45. The van der Waals surface area contributed by atoms with Gasteiger partial charge in [0.2, 0.25) is 0 Å². The first-order valence-electron chi connectivity index (χ1n) is 6.75. The third-order valence-electron chi connectivity index (χ3n) is 3.38. The van der Waals surface area contributed by atoms with Gasteiger partial charge in [-0.1, -0.05) is 25.1 Å². The Morgan fingerprint density at radius 2 is 1.86 bits per heavy atom. The lowest BCUT2D eigenvalue weighted by Crippen LogP contribution is -2.25. The number of aromatic nitrogens is 1. The van der Waals surface area contributed by atoms with Gasteiger partial charge in [-0.2, -0.15) is 13.2 Å². The molecule has 0 aliphatic carbocycles. The van der Waals surface area contributed by atoms with E-state index in [-0.39, 0.29) is 5.56 Å². The minimum Gasteiger partial charge on any atom is -0.306 e. The quantitative estimate of drug-likeness (QED) is 0.918.